The van der Waals surface area contributed by atoms with Crippen LogP contribution in [0.2, 0.25) is 0 Å². The number of aryl methyl sites for hydroxylation is 1. The monoisotopic (exact) mass is 320 g/mol. The zero-order valence-corrected chi connectivity index (χ0v) is 14.0. The maximum atomic E-state index is 11.5. The van der Waals surface area contributed by atoms with Gasteiger partial charge in [-0.15, -0.1) is 0 Å². The molecule has 21 heavy (non-hydrogen) atoms. The first-order chi connectivity index (χ1) is 9.36. The molecule has 0 aliphatic heterocycles. The van der Waals surface area contributed by atoms with E-state index in [1.807, 2.05) is 0 Å². The number of rotatable bonds is 4. The maximum Gasteiger partial charge on any atom is 1.00 e. The number of carbonyl (C=O) groups is 1. The molecule has 0 aromatic carbocycles. The Hall–Kier alpha value is -1.46. The summed E-state index contributed by atoms with van der Waals surface area (Å²) in [5, 5.41) is 9.16. The molecule has 106 valence electrons. The fourth-order valence-electron chi connectivity index (χ4n) is 1.28. The summed E-state index contributed by atoms with van der Waals surface area (Å²) < 4.78 is 36.6. The molecule has 2 rings (SSSR count). The van der Waals surface area contributed by atoms with E-state index >= 15 is 0 Å². The summed E-state index contributed by atoms with van der Waals surface area (Å²) in [6, 6.07) is 3.77. The number of aromatic amines is 1. The standard InChI is InChI=1S/C10H10N4O5S.Na/c1-6-4-8(13-12-6)10(15)14-11-5-7-2-3-9(19-7)20(16,17)18;/h2-5H,1H3,(H,12,13)(H,14,15)(H,16,17,18);/q;+1/p-1. The quantitative estimate of drug-likeness (QED) is 0.266. The van der Waals surface area contributed by atoms with E-state index in [1.54, 1.807) is 6.92 Å². The summed E-state index contributed by atoms with van der Waals surface area (Å²) >= 11 is 0. The molecular weight excluding hydrogens is 311 g/mol. The molecule has 2 aromatic heterocycles. The van der Waals surface area contributed by atoms with Crippen molar-refractivity contribution in [3.63, 3.8) is 0 Å². The van der Waals surface area contributed by atoms with Crippen LogP contribution in [0.5, 0.6) is 0 Å². The molecular formula is C10H9N4NaO5S. The molecule has 2 heterocycles. The second-order valence-corrected chi connectivity index (χ2v) is 5.06. The minimum atomic E-state index is -4.64. The average molecular weight is 320 g/mol. The van der Waals surface area contributed by atoms with Gasteiger partial charge in [-0.05, 0) is 25.1 Å². The summed E-state index contributed by atoms with van der Waals surface area (Å²) in [6.45, 7) is 1.74. The first kappa shape index (κ1) is 17.6. The molecule has 2 aromatic rings. The number of carbonyl (C=O) groups excluding carboxylic acids is 1. The third-order valence-corrected chi connectivity index (χ3v) is 2.86. The van der Waals surface area contributed by atoms with Crippen molar-refractivity contribution in [3.8, 4) is 0 Å². The summed E-state index contributed by atoms with van der Waals surface area (Å²) in [7, 11) is -4.64. The van der Waals surface area contributed by atoms with Gasteiger partial charge < -0.3 is 8.97 Å². The SMILES string of the molecule is Cc1cc(C(=O)NN=Cc2ccc(S(=O)(=O)[O-])o2)n[nH]1.[Na+]. The minimum Gasteiger partial charge on any atom is -0.742 e. The van der Waals surface area contributed by atoms with E-state index in [4.69, 9.17) is 4.42 Å². The molecule has 0 unspecified atom stereocenters. The van der Waals surface area contributed by atoms with E-state index in [0.717, 1.165) is 18.0 Å². The predicted molar refractivity (Wildman–Crippen MR) is 65.1 cm³/mol. The summed E-state index contributed by atoms with van der Waals surface area (Å²) in [5.74, 6) is -0.535. The zero-order chi connectivity index (χ0) is 14.8. The van der Waals surface area contributed by atoms with Crippen LogP contribution in [0.3, 0.4) is 0 Å². The molecule has 0 aliphatic rings. The zero-order valence-electron chi connectivity index (χ0n) is 11.2. The van der Waals surface area contributed by atoms with E-state index in [2.05, 4.69) is 20.7 Å². The number of hydrogen-bond donors (Lipinski definition) is 2. The Morgan fingerprint density at radius 3 is 2.76 bits per heavy atom. The topological polar surface area (TPSA) is 140 Å². The van der Waals surface area contributed by atoms with Gasteiger partial charge in [-0.3, -0.25) is 9.89 Å². The second-order valence-electron chi connectivity index (χ2n) is 3.75. The third kappa shape index (κ3) is 4.79. The van der Waals surface area contributed by atoms with E-state index in [-0.39, 0.29) is 41.0 Å². The average Bonchev–Trinajstić information content (AvgIpc) is 2.97. The Bertz CT molecular complexity index is 764. The van der Waals surface area contributed by atoms with Crippen molar-refractivity contribution >= 4 is 22.2 Å². The molecule has 0 atom stereocenters. The Labute approximate surface area is 141 Å². The largest absolute Gasteiger partial charge is 1.00 e. The van der Waals surface area contributed by atoms with Crippen LogP contribution in [0.1, 0.15) is 21.9 Å². The van der Waals surface area contributed by atoms with Crippen LogP contribution in [0.15, 0.2) is 32.8 Å². The van der Waals surface area contributed by atoms with Crippen LogP contribution >= 0.6 is 0 Å². The number of hydrogen-bond acceptors (Lipinski definition) is 7. The molecule has 0 saturated heterocycles. The van der Waals surface area contributed by atoms with E-state index < -0.39 is 21.1 Å². The fraction of sp³-hybridized carbons (Fsp3) is 0.100. The van der Waals surface area contributed by atoms with Crippen molar-refractivity contribution in [2.75, 3.05) is 0 Å². The normalized spacial score (nSPS) is 11.3. The van der Waals surface area contributed by atoms with Gasteiger partial charge in [-0.2, -0.15) is 10.2 Å². The molecule has 9 nitrogen and oxygen atoms in total. The van der Waals surface area contributed by atoms with Gasteiger partial charge >= 0.3 is 29.6 Å². The van der Waals surface area contributed by atoms with Crippen molar-refractivity contribution in [3.05, 3.63) is 35.3 Å². The van der Waals surface area contributed by atoms with Crippen LogP contribution in [-0.4, -0.2) is 35.3 Å². The molecule has 0 bridgehead atoms. The van der Waals surface area contributed by atoms with Gasteiger partial charge in [0.15, 0.2) is 15.8 Å². The molecule has 11 heteroatoms. The Morgan fingerprint density at radius 2 is 2.24 bits per heavy atom. The molecule has 0 fully saturated rings. The van der Waals surface area contributed by atoms with Crippen molar-refractivity contribution in [2.24, 2.45) is 5.10 Å². The van der Waals surface area contributed by atoms with Gasteiger partial charge in [-0.1, -0.05) is 0 Å². The molecule has 0 aliphatic carbocycles. The Morgan fingerprint density at radius 1 is 1.52 bits per heavy atom. The van der Waals surface area contributed by atoms with Gasteiger partial charge in [0.1, 0.15) is 5.76 Å². The number of nitrogens with one attached hydrogen (secondary N) is 2. The van der Waals surface area contributed by atoms with Crippen LogP contribution in [0.4, 0.5) is 0 Å². The first-order valence-corrected chi connectivity index (χ1v) is 6.68. The molecule has 0 radical (unpaired) electrons. The van der Waals surface area contributed by atoms with Crippen LogP contribution in [0.25, 0.3) is 0 Å². The number of nitrogens with zero attached hydrogens (tertiary/aromatic N) is 2. The van der Waals surface area contributed by atoms with Gasteiger partial charge in [0.2, 0.25) is 5.09 Å². The van der Waals surface area contributed by atoms with Crippen LogP contribution < -0.4 is 35.0 Å². The Balaban J connectivity index is 0.00000220. The maximum absolute atomic E-state index is 11.5. The second kappa shape index (κ2) is 7.00. The first-order valence-electron chi connectivity index (χ1n) is 5.27. The number of aromatic nitrogens is 2. The number of hydrazone groups is 1. The summed E-state index contributed by atoms with van der Waals surface area (Å²) in [4.78, 5) is 11.5. The number of H-pyrrole nitrogens is 1. The summed E-state index contributed by atoms with van der Waals surface area (Å²) in [5.41, 5.74) is 3.04. The smallest absolute Gasteiger partial charge is 0.742 e. The van der Waals surface area contributed by atoms with Crippen LogP contribution in [-0.2, 0) is 10.1 Å². The van der Waals surface area contributed by atoms with Crippen molar-refractivity contribution in [2.45, 2.75) is 12.0 Å². The van der Waals surface area contributed by atoms with Crippen molar-refractivity contribution in [1.29, 1.82) is 0 Å². The number of furan rings is 1. The predicted octanol–water partition coefficient (Wildman–Crippen LogP) is -3.02. The van der Waals surface area contributed by atoms with Gasteiger partial charge in [0, 0.05) is 5.69 Å². The van der Waals surface area contributed by atoms with Crippen molar-refractivity contribution < 1.29 is 51.7 Å². The van der Waals surface area contributed by atoms with Gasteiger partial charge in [-0.25, -0.2) is 13.8 Å². The van der Waals surface area contributed by atoms with E-state index in [0.29, 0.717) is 0 Å². The Kier molecular flexibility index (Phi) is 5.87. The third-order valence-electron chi connectivity index (χ3n) is 2.14. The van der Waals surface area contributed by atoms with Gasteiger partial charge in [0.05, 0.1) is 6.21 Å². The van der Waals surface area contributed by atoms with Crippen LogP contribution in [0, 0.1) is 6.92 Å². The summed E-state index contributed by atoms with van der Waals surface area (Å²) in [6.07, 6.45) is 1.06. The molecule has 0 spiro atoms. The molecule has 1 amide bonds. The minimum absolute atomic E-state index is 0. The van der Waals surface area contributed by atoms with Crippen molar-refractivity contribution in [1.82, 2.24) is 15.6 Å². The molecule has 2 N–H and O–H groups in total. The van der Waals surface area contributed by atoms with E-state index in [1.165, 1.54) is 12.1 Å². The number of amides is 1. The fourth-order valence-corrected chi connectivity index (χ4v) is 1.72. The van der Waals surface area contributed by atoms with Gasteiger partial charge in [0.25, 0.3) is 5.91 Å². The molecule has 0 saturated carbocycles. The van der Waals surface area contributed by atoms with E-state index in [9.17, 15) is 17.8 Å².